The highest BCUT2D eigenvalue weighted by atomic mass is 16.6. The van der Waals surface area contributed by atoms with E-state index in [1.54, 1.807) is 13.0 Å². The van der Waals surface area contributed by atoms with Crippen LogP contribution >= 0.6 is 0 Å². The van der Waals surface area contributed by atoms with Crippen molar-refractivity contribution in [1.82, 2.24) is 5.32 Å². The third-order valence-electron chi connectivity index (χ3n) is 9.74. The Morgan fingerprint density at radius 1 is 1.04 bits per heavy atom. The monoisotopic (exact) mass is 708 g/mol. The number of hydrogen-bond donors (Lipinski definition) is 2. The lowest BCUT2D eigenvalue weighted by Gasteiger charge is -2.39. The number of nitrogens with one attached hydrogen (secondary N) is 2. The number of allylic oxidation sites excluding steroid dienone is 2. The van der Waals surface area contributed by atoms with E-state index in [0.29, 0.717) is 25.1 Å². The number of carbonyl (C=O) groups is 4. The van der Waals surface area contributed by atoms with Crippen LogP contribution in [0.1, 0.15) is 85.6 Å². The predicted molar refractivity (Wildman–Crippen MR) is 194 cm³/mol. The Balaban J connectivity index is 1.18. The summed E-state index contributed by atoms with van der Waals surface area (Å²) in [7, 11) is 1.39. The van der Waals surface area contributed by atoms with Crippen LogP contribution in [0.5, 0.6) is 0 Å². The van der Waals surface area contributed by atoms with Crippen molar-refractivity contribution in [1.29, 1.82) is 0 Å². The first-order valence-electron chi connectivity index (χ1n) is 18.2. The van der Waals surface area contributed by atoms with Crippen molar-refractivity contribution in [3.8, 4) is 0 Å². The highest BCUT2D eigenvalue weighted by molar-refractivity contribution is 5.92. The van der Waals surface area contributed by atoms with Crippen molar-refractivity contribution in [3.05, 3.63) is 65.8 Å². The van der Waals surface area contributed by atoms with E-state index in [9.17, 15) is 19.2 Å². The molecule has 8 atom stereocenters. The van der Waals surface area contributed by atoms with Gasteiger partial charge in [-0.15, -0.1) is 0 Å². The molecule has 1 spiro atoms. The maximum atomic E-state index is 12.8. The van der Waals surface area contributed by atoms with Crippen LogP contribution in [-0.4, -0.2) is 79.6 Å². The molecule has 11 heteroatoms. The minimum Gasteiger partial charge on any atom is -0.469 e. The maximum absolute atomic E-state index is 12.8. The fourth-order valence-electron chi connectivity index (χ4n) is 6.52. The molecule has 11 nitrogen and oxygen atoms in total. The van der Waals surface area contributed by atoms with E-state index >= 15 is 0 Å². The first-order chi connectivity index (χ1) is 24.3. The summed E-state index contributed by atoms with van der Waals surface area (Å²) in [5.41, 5.74) is 2.46. The van der Waals surface area contributed by atoms with Gasteiger partial charge in [0.25, 0.3) is 0 Å². The zero-order valence-corrected chi connectivity index (χ0v) is 31.1. The molecule has 3 fully saturated rings. The minimum absolute atomic E-state index is 0.0171. The molecule has 3 aliphatic rings. The van der Waals surface area contributed by atoms with Gasteiger partial charge in [0.1, 0.15) is 6.10 Å². The normalized spacial score (nSPS) is 28.5. The molecule has 0 bridgehead atoms. The lowest BCUT2D eigenvalue weighted by molar-refractivity contribution is -0.147. The van der Waals surface area contributed by atoms with Crippen molar-refractivity contribution >= 4 is 29.4 Å². The molecule has 3 heterocycles. The quantitative estimate of drug-likeness (QED) is 0.101. The lowest BCUT2D eigenvalue weighted by Crippen LogP contribution is -2.50. The van der Waals surface area contributed by atoms with Gasteiger partial charge in [0.2, 0.25) is 11.8 Å². The predicted octanol–water partition coefficient (Wildman–Crippen LogP) is 5.77. The van der Waals surface area contributed by atoms with E-state index in [2.05, 4.69) is 29.7 Å². The summed E-state index contributed by atoms with van der Waals surface area (Å²) < 4.78 is 28.5. The number of ether oxygens (including phenoxy) is 5. The second-order valence-corrected chi connectivity index (χ2v) is 14.6. The Hall–Kier alpha value is -3.80. The molecule has 3 aliphatic heterocycles. The molecule has 2 amide bonds. The number of carbonyl (C=O) groups excluding carboxylic acids is 4. The average molecular weight is 709 g/mol. The van der Waals surface area contributed by atoms with Crippen LogP contribution in [0.3, 0.4) is 0 Å². The highest BCUT2D eigenvalue weighted by Gasteiger charge is 2.51. The van der Waals surface area contributed by atoms with E-state index in [1.807, 2.05) is 58.0 Å². The molecular formula is C40H56N2O9. The fourth-order valence-corrected chi connectivity index (χ4v) is 6.52. The average Bonchev–Trinajstić information content (AvgIpc) is 3.83. The lowest BCUT2D eigenvalue weighted by atomic mass is 9.88. The molecule has 3 saturated heterocycles. The second kappa shape index (κ2) is 18.6. The first-order valence-corrected chi connectivity index (χ1v) is 18.2. The van der Waals surface area contributed by atoms with Gasteiger partial charge in [-0.3, -0.25) is 19.2 Å². The van der Waals surface area contributed by atoms with Gasteiger partial charge in [0.05, 0.1) is 56.2 Å². The molecule has 0 aliphatic carbocycles. The summed E-state index contributed by atoms with van der Waals surface area (Å²) in [4.78, 5) is 49.2. The van der Waals surface area contributed by atoms with Gasteiger partial charge < -0.3 is 34.3 Å². The topological polar surface area (TPSA) is 142 Å². The standard InChI is InChI=1S/C40H56N2O9/c1-25(2)39(46)42-33-11-9-8-10-30(33)15-19-37(44)49-28(5)14-18-36(43)41-34-20-27(4)35(50-29(34)6)17-13-26(3)12-16-31-22-40(24-48-40)23-32(51-31)21-38(45)47-7/h8-14,16,18,25,27-29,31-32,34-35H,15,17,19-24H2,1-7H3,(H,41,43)(H,42,46)/b16-12+,18-14-,26-13+/t27-,28-,29+,31+,32+,34+,35-,40+/m0/s1. The number of aryl methyl sites for hydroxylation is 1. The number of benzene rings is 1. The largest absolute Gasteiger partial charge is 0.469 e. The molecule has 280 valence electrons. The van der Waals surface area contributed by atoms with Crippen LogP contribution in [-0.2, 0) is 49.3 Å². The van der Waals surface area contributed by atoms with E-state index in [1.165, 1.54) is 13.2 Å². The van der Waals surface area contributed by atoms with E-state index in [-0.39, 0.29) is 84.5 Å². The van der Waals surface area contributed by atoms with Crippen LogP contribution in [0.2, 0.25) is 0 Å². The number of esters is 2. The van der Waals surface area contributed by atoms with Gasteiger partial charge in [0.15, 0.2) is 0 Å². The number of hydrogen-bond acceptors (Lipinski definition) is 9. The molecule has 0 unspecified atom stereocenters. The summed E-state index contributed by atoms with van der Waals surface area (Å²) in [6, 6.07) is 7.26. The first kappa shape index (κ1) is 40.0. The van der Waals surface area contributed by atoms with E-state index in [4.69, 9.17) is 23.7 Å². The fraction of sp³-hybridized carbons (Fsp3) is 0.600. The Bertz CT molecular complexity index is 1460. The van der Waals surface area contributed by atoms with Crippen molar-refractivity contribution in [3.63, 3.8) is 0 Å². The van der Waals surface area contributed by atoms with E-state index in [0.717, 1.165) is 30.4 Å². The summed E-state index contributed by atoms with van der Waals surface area (Å²) in [5, 5.41) is 5.96. The SMILES string of the molecule is COC(=O)C[C@@H]1C[C@@]2(CO2)C[C@@H](/C=C/C(C)=C/C[C@@H]2O[C@H](C)[C@H](NC(=O)/C=C\[C@H](C)OC(=O)CCc3ccccc3NC(=O)C(C)C)C[C@@H]2C)O1. The van der Waals surface area contributed by atoms with Crippen molar-refractivity contribution in [2.45, 2.75) is 129 Å². The summed E-state index contributed by atoms with van der Waals surface area (Å²) >= 11 is 0. The van der Waals surface area contributed by atoms with Gasteiger partial charge >= 0.3 is 11.9 Å². The van der Waals surface area contributed by atoms with Gasteiger partial charge in [-0.25, -0.2) is 0 Å². The van der Waals surface area contributed by atoms with Crippen LogP contribution in [0, 0.1) is 11.8 Å². The van der Waals surface area contributed by atoms with Crippen LogP contribution in [0.15, 0.2) is 60.2 Å². The molecule has 2 N–H and O–H groups in total. The van der Waals surface area contributed by atoms with Crippen LogP contribution in [0.4, 0.5) is 5.69 Å². The zero-order valence-electron chi connectivity index (χ0n) is 31.1. The number of epoxide rings is 1. The molecule has 0 radical (unpaired) electrons. The number of amides is 2. The van der Waals surface area contributed by atoms with Crippen LogP contribution < -0.4 is 10.6 Å². The molecule has 0 saturated carbocycles. The van der Waals surface area contributed by atoms with Gasteiger partial charge in [0, 0.05) is 36.9 Å². The summed E-state index contributed by atoms with van der Waals surface area (Å²) in [6.07, 6.45) is 11.9. The highest BCUT2D eigenvalue weighted by Crippen LogP contribution is 2.43. The molecule has 0 aromatic heterocycles. The molecule has 4 rings (SSSR count). The molecule has 1 aromatic rings. The van der Waals surface area contributed by atoms with E-state index < -0.39 is 6.10 Å². The molecular weight excluding hydrogens is 652 g/mol. The number of methoxy groups -OCH3 is 1. The number of anilines is 1. The van der Waals surface area contributed by atoms with Crippen molar-refractivity contribution < 1.29 is 42.9 Å². The molecule has 51 heavy (non-hydrogen) atoms. The van der Waals surface area contributed by atoms with Gasteiger partial charge in [-0.2, -0.15) is 0 Å². The Morgan fingerprint density at radius 2 is 1.78 bits per heavy atom. The number of para-hydroxylation sites is 1. The molecule has 1 aromatic carbocycles. The summed E-state index contributed by atoms with van der Waals surface area (Å²) in [5.74, 6) is -0.949. The van der Waals surface area contributed by atoms with Crippen LogP contribution in [0.25, 0.3) is 0 Å². The second-order valence-electron chi connectivity index (χ2n) is 14.6. The van der Waals surface area contributed by atoms with Crippen molar-refractivity contribution in [2.24, 2.45) is 11.8 Å². The summed E-state index contributed by atoms with van der Waals surface area (Å²) in [6.45, 7) is 12.2. The third-order valence-corrected chi connectivity index (χ3v) is 9.74. The smallest absolute Gasteiger partial charge is 0.308 e. The maximum Gasteiger partial charge on any atom is 0.308 e. The third kappa shape index (κ3) is 12.7. The number of rotatable bonds is 15. The zero-order chi connectivity index (χ0) is 37.1. The minimum atomic E-state index is -0.583. The van der Waals surface area contributed by atoms with Gasteiger partial charge in [-0.05, 0) is 63.7 Å². The Kier molecular flexibility index (Phi) is 14.6. The Morgan fingerprint density at radius 3 is 2.49 bits per heavy atom. The Labute approximate surface area is 302 Å². The van der Waals surface area contributed by atoms with Gasteiger partial charge in [-0.1, -0.05) is 62.8 Å². The van der Waals surface area contributed by atoms with Crippen molar-refractivity contribution in [2.75, 3.05) is 19.0 Å².